The molecule has 14 heavy (non-hydrogen) atoms. The Morgan fingerprint density at radius 3 is 2.21 bits per heavy atom. The Labute approximate surface area is 81.7 Å². The van der Waals surface area contributed by atoms with E-state index in [2.05, 4.69) is 0 Å². The molecule has 0 aromatic heterocycles. The molecule has 0 heterocycles. The van der Waals surface area contributed by atoms with Crippen LogP contribution in [0.1, 0.15) is 12.5 Å². The van der Waals surface area contributed by atoms with E-state index in [4.69, 9.17) is 0 Å². The minimum atomic E-state index is -1.44. The van der Waals surface area contributed by atoms with Crippen LogP contribution in [0.5, 0.6) is 0 Å². The van der Waals surface area contributed by atoms with Crippen LogP contribution < -0.4 is 5.11 Å². The molecule has 3 heteroatoms. The second kappa shape index (κ2) is 4.37. The van der Waals surface area contributed by atoms with Gasteiger partial charge in [-0.05, 0) is 18.6 Å². The summed E-state index contributed by atoms with van der Waals surface area (Å²) in [6, 6.07) is 8.76. The van der Waals surface area contributed by atoms with Gasteiger partial charge in [-0.2, -0.15) is 0 Å². The van der Waals surface area contributed by atoms with E-state index in [0.29, 0.717) is 5.56 Å². The van der Waals surface area contributed by atoms with Gasteiger partial charge in [0.1, 0.15) is 0 Å². The molecular weight excluding hydrogens is 180 g/mol. The first-order chi connectivity index (χ1) is 6.61. The van der Waals surface area contributed by atoms with Gasteiger partial charge in [0.15, 0.2) is 5.78 Å². The van der Waals surface area contributed by atoms with Crippen molar-refractivity contribution in [3.8, 4) is 0 Å². The SMILES string of the molecule is CC(=O)/C(=C\c1ccccc1)C(=O)[O-]. The summed E-state index contributed by atoms with van der Waals surface area (Å²) in [6.45, 7) is 1.20. The van der Waals surface area contributed by atoms with Crippen LogP contribution in [0.25, 0.3) is 6.08 Å². The number of benzene rings is 1. The van der Waals surface area contributed by atoms with Crippen LogP contribution in [0.4, 0.5) is 0 Å². The van der Waals surface area contributed by atoms with Gasteiger partial charge in [-0.1, -0.05) is 30.3 Å². The fraction of sp³-hybridized carbons (Fsp3) is 0.0909. The number of ketones is 1. The maximum atomic E-state index is 10.9. The molecule has 0 fully saturated rings. The van der Waals surface area contributed by atoms with E-state index in [1.54, 1.807) is 24.3 Å². The lowest BCUT2D eigenvalue weighted by atomic mass is 10.1. The number of Topliss-reactive ketones (excluding diaryl/α,β-unsaturated/α-hetero) is 1. The lowest BCUT2D eigenvalue weighted by Crippen LogP contribution is -2.27. The quantitative estimate of drug-likeness (QED) is 0.393. The summed E-state index contributed by atoms with van der Waals surface area (Å²) in [5.74, 6) is -1.95. The van der Waals surface area contributed by atoms with Crippen LogP contribution in [-0.2, 0) is 9.59 Å². The first-order valence-electron chi connectivity index (χ1n) is 4.10. The molecule has 0 saturated carbocycles. The summed E-state index contributed by atoms with van der Waals surface area (Å²) in [6.07, 6.45) is 1.30. The van der Waals surface area contributed by atoms with Crippen LogP contribution in [0.2, 0.25) is 0 Å². The van der Waals surface area contributed by atoms with Crippen molar-refractivity contribution in [2.75, 3.05) is 0 Å². The lowest BCUT2D eigenvalue weighted by Gasteiger charge is -2.03. The van der Waals surface area contributed by atoms with Crippen molar-refractivity contribution < 1.29 is 14.7 Å². The van der Waals surface area contributed by atoms with Gasteiger partial charge in [-0.25, -0.2) is 0 Å². The third-order valence-corrected chi connectivity index (χ3v) is 1.71. The van der Waals surface area contributed by atoms with Crippen molar-refractivity contribution >= 4 is 17.8 Å². The van der Waals surface area contributed by atoms with Gasteiger partial charge in [0.2, 0.25) is 0 Å². The second-order valence-corrected chi connectivity index (χ2v) is 2.81. The minimum Gasteiger partial charge on any atom is -0.545 e. The molecule has 0 bridgehead atoms. The zero-order valence-electron chi connectivity index (χ0n) is 7.69. The predicted molar refractivity (Wildman–Crippen MR) is 50.1 cm³/mol. The van der Waals surface area contributed by atoms with Crippen LogP contribution >= 0.6 is 0 Å². The van der Waals surface area contributed by atoms with Gasteiger partial charge in [-0.15, -0.1) is 0 Å². The summed E-state index contributed by atoms with van der Waals surface area (Å²) in [5, 5.41) is 10.5. The molecule has 0 aliphatic rings. The summed E-state index contributed by atoms with van der Waals surface area (Å²) >= 11 is 0. The highest BCUT2D eigenvalue weighted by Crippen LogP contribution is 2.06. The summed E-state index contributed by atoms with van der Waals surface area (Å²) in [5.41, 5.74) is 0.359. The monoisotopic (exact) mass is 189 g/mol. The third kappa shape index (κ3) is 2.55. The highest BCUT2D eigenvalue weighted by molar-refractivity contribution is 6.18. The van der Waals surface area contributed by atoms with Crippen molar-refractivity contribution in [3.63, 3.8) is 0 Å². The van der Waals surface area contributed by atoms with E-state index < -0.39 is 11.8 Å². The number of rotatable bonds is 3. The molecule has 0 atom stereocenters. The fourth-order valence-electron chi connectivity index (χ4n) is 1.02. The van der Waals surface area contributed by atoms with E-state index in [-0.39, 0.29) is 5.57 Å². The molecule has 0 amide bonds. The molecule has 72 valence electrons. The van der Waals surface area contributed by atoms with E-state index in [9.17, 15) is 14.7 Å². The average molecular weight is 189 g/mol. The maximum absolute atomic E-state index is 10.9. The highest BCUT2D eigenvalue weighted by Gasteiger charge is 2.04. The summed E-state index contributed by atoms with van der Waals surface area (Å²) in [4.78, 5) is 21.4. The van der Waals surface area contributed by atoms with Crippen LogP contribution in [0.15, 0.2) is 35.9 Å². The number of carboxylic acid groups (broad SMARTS) is 1. The zero-order valence-corrected chi connectivity index (χ0v) is 7.69. The Morgan fingerprint density at radius 1 is 1.21 bits per heavy atom. The first kappa shape index (κ1) is 10.2. The standard InChI is InChI=1S/C11H10O3/c1-8(12)10(11(13)14)7-9-5-3-2-4-6-9/h2-7H,1H3,(H,13,14)/p-1/b10-7+. The third-order valence-electron chi connectivity index (χ3n) is 1.71. The molecule has 0 aliphatic carbocycles. The smallest absolute Gasteiger partial charge is 0.161 e. The van der Waals surface area contributed by atoms with Crippen LogP contribution in [0.3, 0.4) is 0 Å². The molecule has 0 N–H and O–H groups in total. The Morgan fingerprint density at radius 2 is 1.79 bits per heavy atom. The van der Waals surface area contributed by atoms with Crippen molar-refractivity contribution in [2.24, 2.45) is 0 Å². The zero-order chi connectivity index (χ0) is 10.6. The van der Waals surface area contributed by atoms with E-state index in [0.717, 1.165) is 0 Å². The Bertz CT molecular complexity index is 361. The molecule has 0 radical (unpaired) electrons. The van der Waals surface area contributed by atoms with E-state index >= 15 is 0 Å². The molecule has 1 aromatic carbocycles. The topological polar surface area (TPSA) is 57.2 Å². The second-order valence-electron chi connectivity index (χ2n) is 2.81. The molecule has 0 aliphatic heterocycles. The van der Waals surface area contributed by atoms with Gasteiger partial charge < -0.3 is 9.90 Å². The molecular formula is C11H9O3-. The van der Waals surface area contributed by atoms with Crippen molar-refractivity contribution in [1.82, 2.24) is 0 Å². The fourth-order valence-corrected chi connectivity index (χ4v) is 1.02. The highest BCUT2D eigenvalue weighted by atomic mass is 16.4. The van der Waals surface area contributed by atoms with Crippen molar-refractivity contribution in [3.05, 3.63) is 41.5 Å². The number of carboxylic acids is 1. The first-order valence-corrected chi connectivity index (χ1v) is 4.10. The van der Waals surface area contributed by atoms with Gasteiger partial charge in [0, 0.05) is 5.57 Å². The van der Waals surface area contributed by atoms with Crippen LogP contribution in [0, 0.1) is 0 Å². The van der Waals surface area contributed by atoms with Gasteiger partial charge >= 0.3 is 0 Å². The Balaban J connectivity index is 3.06. The summed E-state index contributed by atoms with van der Waals surface area (Å²) < 4.78 is 0. The Hall–Kier alpha value is -1.90. The Kier molecular flexibility index (Phi) is 3.18. The largest absolute Gasteiger partial charge is 0.545 e. The van der Waals surface area contributed by atoms with E-state index in [1.807, 2.05) is 6.07 Å². The van der Waals surface area contributed by atoms with E-state index in [1.165, 1.54) is 13.0 Å². The van der Waals surface area contributed by atoms with Crippen LogP contribution in [-0.4, -0.2) is 11.8 Å². The number of hydrogen-bond donors (Lipinski definition) is 0. The van der Waals surface area contributed by atoms with Gasteiger partial charge in [-0.3, -0.25) is 4.79 Å². The maximum Gasteiger partial charge on any atom is 0.161 e. The molecule has 1 rings (SSSR count). The normalized spacial score (nSPS) is 11.1. The lowest BCUT2D eigenvalue weighted by molar-refractivity contribution is -0.298. The molecule has 0 spiro atoms. The summed E-state index contributed by atoms with van der Waals surface area (Å²) in [7, 11) is 0. The molecule has 0 saturated heterocycles. The number of hydrogen-bond acceptors (Lipinski definition) is 3. The minimum absolute atomic E-state index is 0.309. The van der Waals surface area contributed by atoms with Gasteiger partial charge in [0.05, 0.1) is 5.97 Å². The molecule has 3 nitrogen and oxygen atoms in total. The molecule has 1 aromatic rings. The average Bonchev–Trinajstić information content (AvgIpc) is 2.15. The van der Waals surface area contributed by atoms with Crippen molar-refractivity contribution in [1.29, 1.82) is 0 Å². The van der Waals surface area contributed by atoms with Gasteiger partial charge in [0.25, 0.3) is 0 Å². The number of carbonyl (C=O) groups is 2. The predicted octanol–water partition coefficient (Wildman–Crippen LogP) is 0.409. The van der Waals surface area contributed by atoms with Crippen molar-refractivity contribution in [2.45, 2.75) is 6.92 Å². The number of carbonyl (C=O) groups excluding carboxylic acids is 2. The number of aliphatic carboxylic acids is 1. The molecule has 0 unspecified atom stereocenters.